The van der Waals surface area contributed by atoms with E-state index in [2.05, 4.69) is 10.0 Å². The van der Waals surface area contributed by atoms with Crippen LogP contribution in [0.25, 0.3) is 0 Å². The quantitative estimate of drug-likeness (QED) is 0.677. The standard InChI is InChI=1S/C17H18FN3O4S/c1-2-15(21-26(24,25)14-9-5-12(18)6-10-14)17(23)20-13-7-3-11(4-8-13)16(19)22/h3-10,15,21H,2H2,1H3,(H2,19,22)(H,20,23). The van der Waals surface area contributed by atoms with E-state index in [4.69, 9.17) is 5.73 Å². The van der Waals surface area contributed by atoms with Crippen LogP contribution in [0.3, 0.4) is 0 Å². The number of anilines is 1. The first-order valence-corrected chi connectivity index (χ1v) is 9.20. The van der Waals surface area contributed by atoms with Crippen molar-refractivity contribution in [2.75, 3.05) is 5.32 Å². The van der Waals surface area contributed by atoms with Gasteiger partial charge < -0.3 is 11.1 Å². The van der Waals surface area contributed by atoms with E-state index in [1.54, 1.807) is 6.92 Å². The Labute approximate surface area is 150 Å². The zero-order chi connectivity index (χ0) is 19.3. The number of amides is 2. The van der Waals surface area contributed by atoms with E-state index in [9.17, 15) is 22.4 Å². The Kier molecular flexibility index (Phi) is 6.06. The molecule has 26 heavy (non-hydrogen) atoms. The van der Waals surface area contributed by atoms with Gasteiger partial charge in [-0.1, -0.05) is 6.92 Å². The molecule has 0 aliphatic rings. The van der Waals surface area contributed by atoms with Gasteiger partial charge in [0.1, 0.15) is 11.9 Å². The molecule has 1 atom stereocenters. The van der Waals surface area contributed by atoms with Gasteiger partial charge in [0, 0.05) is 11.3 Å². The van der Waals surface area contributed by atoms with E-state index in [1.165, 1.54) is 24.3 Å². The summed E-state index contributed by atoms with van der Waals surface area (Å²) in [6.07, 6.45) is 0.200. The maximum atomic E-state index is 12.9. The second kappa shape index (κ2) is 8.07. The van der Waals surface area contributed by atoms with Gasteiger partial charge in [0.25, 0.3) is 0 Å². The number of benzene rings is 2. The number of nitrogens with one attached hydrogen (secondary N) is 2. The second-order valence-corrected chi connectivity index (χ2v) is 7.18. The van der Waals surface area contributed by atoms with E-state index >= 15 is 0 Å². The average molecular weight is 379 g/mol. The predicted octanol–water partition coefficient (Wildman–Crippen LogP) is 1.62. The molecule has 0 saturated heterocycles. The molecule has 0 heterocycles. The van der Waals surface area contributed by atoms with Gasteiger partial charge in [-0.2, -0.15) is 4.72 Å². The van der Waals surface area contributed by atoms with Crippen molar-refractivity contribution < 1.29 is 22.4 Å². The van der Waals surface area contributed by atoms with Crippen LogP contribution in [0.15, 0.2) is 53.4 Å². The van der Waals surface area contributed by atoms with E-state index in [1.807, 2.05) is 0 Å². The van der Waals surface area contributed by atoms with Crippen LogP contribution < -0.4 is 15.8 Å². The summed E-state index contributed by atoms with van der Waals surface area (Å²) in [5.74, 6) is -1.72. The highest BCUT2D eigenvalue weighted by Crippen LogP contribution is 2.13. The first-order valence-electron chi connectivity index (χ1n) is 7.71. The van der Waals surface area contributed by atoms with E-state index in [-0.39, 0.29) is 16.9 Å². The van der Waals surface area contributed by atoms with Crippen molar-refractivity contribution in [3.8, 4) is 0 Å². The highest BCUT2D eigenvalue weighted by atomic mass is 32.2. The van der Waals surface area contributed by atoms with Crippen LogP contribution in [0.4, 0.5) is 10.1 Å². The van der Waals surface area contributed by atoms with Crippen LogP contribution in [-0.4, -0.2) is 26.3 Å². The molecular weight excluding hydrogens is 361 g/mol. The summed E-state index contributed by atoms with van der Waals surface area (Å²) >= 11 is 0. The first kappa shape index (κ1) is 19.5. The molecule has 0 bridgehead atoms. The molecule has 2 aromatic rings. The lowest BCUT2D eigenvalue weighted by Crippen LogP contribution is -2.43. The van der Waals surface area contributed by atoms with Crippen molar-refractivity contribution in [1.29, 1.82) is 0 Å². The van der Waals surface area contributed by atoms with Crippen molar-refractivity contribution >= 4 is 27.5 Å². The number of sulfonamides is 1. The van der Waals surface area contributed by atoms with Crippen LogP contribution in [0.1, 0.15) is 23.7 Å². The minimum atomic E-state index is -3.98. The van der Waals surface area contributed by atoms with Gasteiger partial charge in [0.15, 0.2) is 0 Å². The van der Waals surface area contributed by atoms with Gasteiger partial charge in [-0.25, -0.2) is 12.8 Å². The summed E-state index contributed by atoms with van der Waals surface area (Å²) in [5, 5.41) is 2.56. The smallest absolute Gasteiger partial charge is 0.248 e. The van der Waals surface area contributed by atoms with E-state index in [0.29, 0.717) is 5.69 Å². The van der Waals surface area contributed by atoms with Gasteiger partial charge in [-0.3, -0.25) is 9.59 Å². The van der Waals surface area contributed by atoms with Gasteiger partial charge in [-0.05, 0) is 55.0 Å². The van der Waals surface area contributed by atoms with Gasteiger partial charge in [0.2, 0.25) is 21.8 Å². The van der Waals surface area contributed by atoms with Crippen LogP contribution >= 0.6 is 0 Å². The molecule has 0 fully saturated rings. The molecule has 2 rings (SSSR count). The molecule has 2 aromatic carbocycles. The molecule has 138 valence electrons. The molecule has 7 nitrogen and oxygen atoms in total. The summed E-state index contributed by atoms with van der Waals surface area (Å²) in [6, 6.07) is 9.11. The topological polar surface area (TPSA) is 118 Å². The van der Waals surface area contributed by atoms with Crippen LogP contribution in [0.5, 0.6) is 0 Å². The van der Waals surface area contributed by atoms with Gasteiger partial charge in [0.05, 0.1) is 4.90 Å². The first-order chi connectivity index (χ1) is 12.2. The fourth-order valence-corrected chi connectivity index (χ4v) is 3.42. The summed E-state index contributed by atoms with van der Waals surface area (Å²) in [5.41, 5.74) is 5.82. The Morgan fingerprint density at radius 1 is 1.08 bits per heavy atom. The van der Waals surface area contributed by atoms with Crippen LogP contribution in [-0.2, 0) is 14.8 Å². The third-order valence-electron chi connectivity index (χ3n) is 3.58. The zero-order valence-corrected chi connectivity index (χ0v) is 14.7. The number of carbonyl (C=O) groups is 2. The molecule has 1 unspecified atom stereocenters. The molecule has 0 saturated carbocycles. The summed E-state index contributed by atoms with van der Waals surface area (Å²) in [7, 11) is -3.98. The van der Waals surface area contributed by atoms with Gasteiger partial charge >= 0.3 is 0 Å². The Balaban J connectivity index is 2.10. The van der Waals surface area contributed by atoms with Crippen molar-refractivity contribution in [3.63, 3.8) is 0 Å². The summed E-state index contributed by atoms with van der Waals surface area (Å²) < 4.78 is 39.9. The highest BCUT2D eigenvalue weighted by molar-refractivity contribution is 7.89. The van der Waals surface area contributed by atoms with E-state index < -0.39 is 33.7 Å². The summed E-state index contributed by atoms with van der Waals surface area (Å²) in [4.78, 5) is 23.2. The van der Waals surface area contributed by atoms with Gasteiger partial charge in [-0.15, -0.1) is 0 Å². The average Bonchev–Trinajstić information content (AvgIpc) is 2.60. The molecule has 0 aromatic heterocycles. The lowest BCUT2D eigenvalue weighted by atomic mass is 10.2. The minimum absolute atomic E-state index is 0.143. The second-order valence-electron chi connectivity index (χ2n) is 5.47. The Morgan fingerprint density at radius 3 is 2.15 bits per heavy atom. The van der Waals surface area contributed by atoms with Crippen molar-refractivity contribution in [3.05, 3.63) is 59.9 Å². The van der Waals surface area contributed by atoms with Crippen molar-refractivity contribution in [1.82, 2.24) is 4.72 Å². The number of halogens is 1. The molecular formula is C17H18FN3O4S. The van der Waals surface area contributed by atoms with Crippen LogP contribution in [0.2, 0.25) is 0 Å². The summed E-state index contributed by atoms with van der Waals surface area (Å²) in [6.45, 7) is 1.65. The van der Waals surface area contributed by atoms with Crippen molar-refractivity contribution in [2.24, 2.45) is 5.73 Å². The number of rotatable bonds is 7. The highest BCUT2D eigenvalue weighted by Gasteiger charge is 2.24. The lowest BCUT2D eigenvalue weighted by molar-refractivity contribution is -0.117. The molecule has 0 aliphatic heterocycles. The fraction of sp³-hybridized carbons (Fsp3) is 0.176. The molecule has 0 radical (unpaired) electrons. The Bertz CT molecular complexity index is 897. The number of carbonyl (C=O) groups excluding carboxylic acids is 2. The monoisotopic (exact) mass is 379 g/mol. The Morgan fingerprint density at radius 2 is 1.65 bits per heavy atom. The van der Waals surface area contributed by atoms with E-state index in [0.717, 1.165) is 24.3 Å². The normalized spacial score (nSPS) is 12.4. The number of hydrogen-bond donors (Lipinski definition) is 3. The zero-order valence-electron chi connectivity index (χ0n) is 13.9. The number of hydrogen-bond acceptors (Lipinski definition) is 4. The fourth-order valence-electron chi connectivity index (χ4n) is 2.14. The number of primary amides is 1. The maximum absolute atomic E-state index is 12.9. The molecule has 4 N–H and O–H groups in total. The minimum Gasteiger partial charge on any atom is -0.366 e. The lowest BCUT2D eigenvalue weighted by Gasteiger charge is -2.17. The molecule has 2 amide bonds. The third-order valence-corrected chi connectivity index (χ3v) is 5.07. The molecule has 0 spiro atoms. The number of nitrogens with two attached hydrogens (primary N) is 1. The SMILES string of the molecule is CCC(NS(=O)(=O)c1ccc(F)cc1)C(=O)Nc1ccc(C(N)=O)cc1. The molecule has 0 aliphatic carbocycles. The Hall–Kier alpha value is -2.78. The molecule has 9 heteroatoms. The van der Waals surface area contributed by atoms with Crippen molar-refractivity contribution in [2.45, 2.75) is 24.3 Å². The van der Waals surface area contributed by atoms with Crippen LogP contribution in [0, 0.1) is 5.82 Å². The predicted molar refractivity (Wildman–Crippen MR) is 94.4 cm³/mol. The third kappa shape index (κ3) is 4.87. The maximum Gasteiger partial charge on any atom is 0.248 e. The largest absolute Gasteiger partial charge is 0.366 e.